The van der Waals surface area contributed by atoms with Crippen molar-refractivity contribution >= 4 is 5.91 Å². The molecule has 2 rings (SSSR count). The number of nitrogens with one attached hydrogen (secondary N) is 1. The summed E-state index contributed by atoms with van der Waals surface area (Å²) in [6.07, 6.45) is 0.842. The summed E-state index contributed by atoms with van der Waals surface area (Å²) in [6.45, 7) is 6.07. The van der Waals surface area contributed by atoms with Crippen LogP contribution < -0.4 is 10.1 Å². The third kappa shape index (κ3) is 3.12. The molecule has 1 aliphatic rings. The van der Waals surface area contributed by atoms with Gasteiger partial charge in [0.05, 0.1) is 6.04 Å². The zero-order valence-corrected chi connectivity index (χ0v) is 12.9. The summed E-state index contributed by atoms with van der Waals surface area (Å²) in [6, 6.07) is 7.96. The van der Waals surface area contributed by atoms with E-state index >= 15 is 0 Å². The van der Waals surface area contributed by atoms with E-state index in [0.717, 1.165) is 17.7 Å². The van der Waals surface area contributed by atoms with Crippen molar-refractivity contribution in [2.45, 2.75) is 44.9 Å². The number of hydrogen-bond acceptors (Lipinski definition) is 3. The molecule has 0 saturated carbocycles. The van der Waals surface area contributed by atoms with E-state index in [2.05, 4.69) is 25.2 Å². The highest BCUT2D eigenvalue weighted by atomic mass is 16.5. The molecule has 1 aromatic carbocycles. The molecule has 4 nitrogen and oxygen atoms in total. The molecule has 0 aromatic heterocycles. The fraction of sp³-hybridized carbons (Fsp3) is 0.562. The van der Waals surface area contributed by atoms with Crippen molar-refractivity contribution < 1.29 is 9.53 Å². The predicted molar refractivity (Wildman–Crippen MR) is 79.8 cm³/mol. The van der Waals surface area contributed by atoms with Crippen LogP contribution in [-0.2, 0) is 4.79 Å². The molecule has 20 heavy (non-hydrogen) atoms. The van der Waals surface area contributed by atoms with Gasteiger partial charge in [-0.05, 0) is 26.8 Å². The molecule has 1 aliphatic heterocycles. The summed E-state index contributed by atoms with van der Waals surface area (Å²) in [5, 5.41) is 3.44. The predicted octanol–water partition coefficient (Wildman–Crippen LogP) is 2.36. The van der Waals surface area contributed by atoms with E-state index in [1.165, 1.54) is 0 Å². The van der Waals surface area contributed by atoms with Crippen molar-refractivity contribution in [3.8, 4) is 5.75 Å². The van der Waals surface area contributed by atoms with Gasteiger partial charge in [-0.15, -0.1) is 0 Å². The number of fused-ring (bicyclic) bond motifs is 1. The van der Waals surface area contributed by atoms with E-state index in [0.29, 0.717) is 0 Å². The van der Waals surface area contributed by atoms with Crippen LogP contribution in [0.25, 0.3) is 0 Å². The van der Waals surface area contributed by atoms with Gasteiger partial charge in [0.2, 0.25) is 5.91 Å². The Bertz CT molecular complexity index is 497. The zero-order chi connectivity index (χ0) is 14.9. The van der Waals surface area contributed by atoms with Gasteiger partial charge in [0.1, 0.15) is 11.4 Å². The Hall–Kier alpha value is -1.55. The van der Waals surface area contributed by atoms with Crippen LogP contribution in [0.4, 0.5) is 0 Å². The molecule has 2 unspecified atom stereocenters. The van der Waals surface area contributed by atoms with E-state index in [1.54, 1.807) is 19.0 Å². The van der Waals surface area contributed by atoms with Crippen molar-refractivity contribution in [3.63, 3.8) is 0 Å². The monoisotopic (exact) mass is 276 g/mol. The van der Waals surface area contributed by atoms with E-state index in [9.17, 15) is 4.79 Å². The normalized spacial score (nSPS) is 21.6. The first-order valence-electron chi connectivity index (χ1n) is 7.05. The fourth-order valence-corrected chi connectivity index (χ4v) is 2.71. The van der Waals surface area contributed by atoms with Gasteiger partial charge >= 0.3 is 0 Å². The first-order valence-corrected chi connectivity index (χ1v) is 7.05. The fourth-order valence-electron chi connectivity index (χ4n) is 2.71. The summed E-state index contributed by atoms with van der Waals surface area (Å²) in [7, 11) is 3.56. The Kier molecular flexibility index (Phi) is 4.04. The van der Waals surface area contributed by atoms with E-state index in [-0.39, 0.29) is 23.6 Å². The van der Waals surface area contributed by atoms with Crippen molar-refractivity contribution in [1.29, 1.82) is 0 Å². The second-order valence-electron chi connectivity index (χ2n) is 6.28. The molecule has 1 N–H and O–H groups in total. The van der Waals surface area contributed by atoms with Crippen LogP contribution in [0.15, 0.2) is 24.3 Å². The maximum absolute atomic E-state index is 12.0. The minimum absolute atomic E-state index is 0.0896. The Morgan fingerprint density at radius 2 is 2.05 bits per heavy atom. The third-order valence-electron chi connectivity index (χ3n) is 3.64. The maximum atomic E-state index is 12.0. The van der Waals surface area contributed by atoms with E-state index in [4.69, 9.17) is 4.74 Å². The molecule has 1 aromatic rings. The van der Waals surface area contributed by atoms with Crippen LogP contribution in [-0.4, -0.2) is 36.5 Å². The Morgan fingerprint density at radius 3 is 2.70 bits per heavy atom. The largest absolute Gasteiger partial charge is 0.487 e. The highest BCUT2D eigenvalue weighted by molar-refractivity contribution is 5.81. The van der Waals surface area contributed by atoms with Gasteiger partial charge in [-0.2, -0.15) is 0 Å². The average Bonchev–Trinajstić information content (AvgIpc) is 2.36. The Morgan fingerprint density at radius 1 is 1.40 bits per heavy atom. The molecule has 0 spiro atoms. The molecule has 2 atom stereocenters. The standard InChI is InChI=1S/C16H24N2O2/c1-11(15(19)18(4)5)17-13-10-16(2,3)20-14-9-7-6-8-12(13)14/h6-9,11,13,17H,10H2,1-5H3. The van der Waals surface area contributed by atoms with Crippen molar-refractivity contribution in [1.82, 2.24) is 10.2 Å². The van der Waals surface area contributed by atoms with Crippen molar-refractivity contribution in [3.05, 3.63) is 29.8 Å². The van der Waals surface area contributed by atoms with Gasteiger partial charge in [0.25, 0.3) is 0 Å². The lowest BCUT2D eigenvalue weighted by Crippen LogP contribution is -2.47. The molecule has 0 saturated heterocycles. The molecule has 0 fully saturated rings. The quantitative estimate of drug-likeness (QED) is 0.921. The summed E-state index contributed by atoms with van der Waals surface area (Å²) < 4.78 is 6.00. The summed E-state index contributed by atoms with van der Waals surface area (Å²) in [5.74, 6) is 0.998. The minimum atomic E-state index is -0.229. The van der Waals surface area contributed by atoms with Gasteiger partial charge < -0.3 is 9.64 Å². The molecule has 110 valence electrons. The molecule has 1 amide bonds. The van der Waals surface area contributed by atoms with Gasteiger partial charge in [0.15, 0.2) is 0 Å². The second-order valence-corrected chi connectivity index (χ2v) is 6.28. The number of hydrogen-bond donors (Lipinski definition) is 1. The Labute approximate surface area is 121 Å². The SMILES string of the molecule is CC(NC1CC(C)(C)Oc2ccccc21)C(=O)N(C)C. The smallest absolute Gasteiger partial charge is 0.238 e. The number of benzene rings is 1. The van der Waals surface area contributed by atoms with Crippen molar-refractivity contribution in [2.75, 3.05) is 14.1 Å². The van der Waals surface area contributed by atoms with Gasteiger partial charge in [-0.1, -0.05) is 18.2 Å². The van der Waals surface area contributed by atoms with Crippen LogP contribution in [0.1, 0.15) is 38.8 Å². The first kappa shape index (κ1) is 14.9. The van der Waals surface area contributed by atoms with Crippen LogP contribution in [0.2, 0.25) is 0 Å². The number of rotatable bonds is 3. The summed E-state index contributed by atoms with van der Waals surface area (Å²) >= 11 is 0. The van der Waals surface area contributed by atoms with Crippen LogP contribution >= 0.6 is 0 Å². The molecule has 1 heterocycles. The lowest BCUT2D eigenvalue weighted by Gasteiger charge is -2.39. The van der Waals surface area contributed by atoms with Gasteiger partial charge in [0, 0.05) is 32.1 Å². The Balaban J connectivity index is 2.21. The van der Waals surface area contributed by atoms with Gasteiger partial charge in [-0.3, -0.25) is 10.1 Å². The number of carbonyl (C=O) groups is 1. The highest BCUT2D eigenvalue weighted by Gasteiger charge is 2.34. The maximum Gasteiger partial charge on any atom is 0.238 e. The molecule has 0 radical (unpaired) electrons. The van der Waals surface area contributed by atoms with E-state index in [1.807, 2.05) is 25.1 Å². The highest BCUT2D eigenvalue weighted by Crippen LogP contribution is 2.39. The number of likely N-dealkylation sites (N-methyl/N-ethyl adjacent to an activating group) is 1. The van der Waals surface area contributed by atoms with Crippen LogP contribution in [0.3, 0.4) is 0 Å². The van der Waals surface area contributed by atoms with Gasteiger partial charge in [-0.25, -0.2) is 0 Å². The summed E-state index contributed by atoms with van der Waals surface area (Å²) in [5.41, 5.74) is 0.901. The molecule has 4 heteroatoms. The average molecular weight is 276 g/mol. The van der Waals surface area contributed by atoms with E-state index < -0.39 is 0 Å². The summed E-state index contributed by atoms with van der Waals surface area (Å²) in [4.78, 5) is 13.6. The number of nitrogens with zero attached hydrogens (tertiary/aromatic N) is 1. The molecular formula is C16H24N2O2. The molecule has 0 aliphatic carbocycles. The lowest BCUT2D eigenvalue weighted by molar-refractivity contribution is -0.130. The third-order valence-corrected chi connectivity index (χ3v) is 3.64. The van der Waals surface area contributed by atoms with Crippen molar-refractivity contribution in [2.24, 2.45) is 0 Å². The first-order chi connectivity index (χ1) is 9.30. The molecule has 0 bridgehead atoms. The number of amides is 1. The second kappa shape index (κ2) is 5.44. The number of carbonyl (C=O) groups excluding carboxylic acids is 1. The van der Waals surface area contributed by atoms with Crippen LogP contribution in [0, 0.1) is 0 Å². The number of para-hydroxylation sites is 1. The zero-order valence-electron chi connectivity index (χ0n) is 12.9. The lowest BCUT2D eigenvalue weighted by atomic mass is 9.89. The van der Waals surface area contributed by atoms with Crippen LogP contribution in [0.5, 0.6) is 5.75 Å². The topological polar surface area (TPSA) is 41.6 Å². The minimum Gasteiger partial charge on any atom is -0.487 e. The number of ether oxygens (including phenoxy) is 1. The molecular weight excluding hydrogens is 252 g/mol.